The number of ether oxygens (including phenoxy) is 2. The molecule has 0 atom stereocenters. The van der Waals surface area contributed by atoms with Crippen molar-refractivity contribution in [2.75, 3.05) is 12.8 Å². The molecule has 2 aromatic rings. The van der Waals surface area contributed by atoms with Crippen molar-refractivity contribution in [3.8, 4) is 11.5 Å². The van der Waals surface area contributed by atoms with Gasteiger partial charge in [0.25, 0.3) is 0 Å². The highest BCUT2D eigenvalue weighted by molar-refractivity contribution is 5.56. The van der Waals surface area contributed by atoms with E-state index in [9.17, 15) is 0 Å². The van der Waals surface area contributed by atoms with E-state index >= 15 is 0 Å². The van der Waals surface area contributed by atoms with E-state index in [1.807, 2.05) is 23.9 Å². The van der Waals surface area contributed by atoms with Crippen LogP contribution in [0.2, 0.25) is 0 Å². The maximum absolute atomic E-state index is 5.83. The number of nitrogens with zero attached hydrogens (tertiary/aromatic N) is 2. The summed E-state index contributed by atoms with van der Waals surface area (Å²) < 4.78 is 12.7. The summed E-state index contributed by atoms with van der Waals surface area (Å²) in [7, 11) is 3.51. The van der Waals surface area contributed by atoms with E-state index in [2.05, 4.69) is 12.0 Å². The van der Waals surface area contributed by atoms with Crippen LogP contribution in [0.1, 0.15) is 18.3 Å². The molecule has 102 valence electrons. The average molecular weight is 261 g/mol. The van der Waals surface area contributed by atoms with Crippen molar-refractivity contribution >= 4 is 5.69 Å². The van der Waals surface area contributed by atoms with Crippen molar-refractivity contribution in [1.82, 2.24) is 9.78 Å². The first kappa shape index (κ1) is 13.3. The number of hydrogen-bond donors (Lipinski definition) is 1. The van der Waals surface area contributed by atoms with Gasteiger partial charge in [0.05, 0.1) is 24.2 Å². The second kappa shape index (κ2) is 5.65. The van der Waals surface area contributed by atoms with Crippen LogP contribution in [0.4, 0.5) is 5.69 Å². The summed E-state index contributed by atoms with van der Waals surface area (Å²) in [6, 6.07) is 7.44. The lowest BCUT2D eigenvalue weighted by atomic mass is 10.3. The first-order chi connectivity index (χ1) is 9.13. The highest BCUT2D eigenvalue weighted by Crippen LogP contribution is 2.26. The van der Waals surface area contributed by atoms with Crippen LogP contribution in [0.25, 0.3) is 0 Å². The number of hydrogen-bond acceptors (Lipinski definition) is 4. The summed E-state index contributed by atoms with van der Waals surface area (Å²) in [5.41, 5.74) is 8.50. The Bertz CT molecular complexity index is 564. The fourth-order valence-electron chi connectivity index (χ4n) is 1.84. The van der Waals surface area contributed by atoms with Crippen LogP contribution >= 0.6 is 0 Å². The van der Waals surface area contributed by atoms with Gasteiger partial charge in [0.15, 0.2) is 0 Å². The Labute approximate surface area is 112 Å². The highest BCUT2D eigenvalue weighted by atomic mass is 16.5. The normalized spacial score (nSPS) is 10.5. The molecule has 2 rings (SSSR count). The number of nitrogens with two attached hydrogens (primary N) is 1. The molecular formula is C14H19N3O2. The van der Waals surface area contributed by atoms with Crippen LogP contribution in [0.15, 0.2) is 24.3 Å². The third kappa shape index (κ3) is 2.99. The van der Waals surface area contributed by atoms with Crippen molar-refractivity contribution in [2.45, 2.75) is 20.0 Å². The molecule has 1 heterocycles. The van der Waals surface area contributed by atoms with Crippen LogP contribution in [-0.4, -0.2) is 16.9 Å². The van der Waals surface area contributed by atoms with Gasteiger partial charge in [-0.25, -0.2) is 0 Å². The molecule has 0 fully saturated rings. The molecule has 1 aromatic heterocycles. The second-order valence-electron chi connectivity index (χ2n) is 4.30. The molecule has 1 aromatic carbocycles. The van der Waals surface area contributed by atoms with E-state index in [0.29, 0.717) is 18.0 Å². The average Bonchev–Trinajstić information content (AvgIpc) is 2.77. The van der Waals surface area contributed by atoms with Gasteiger partial charge in [-0.1, -0.05) is 6.92 Å². The summed E-state index contributed by atoms with van der Waals surface area (Å²) in [6.07, 6.45) is 0.920. The highest BCUT2D eigenvalue weighted by Gasteiger charge is 2.06. The SMILES string of the molecule is CCc1cc(COc2ccc(OC)c(N)c2)n(C)n1. The molecule has 0 unspecified atom stereocenters. The Morgan fingerprint density at radius 1 is 1.32 bits per heavy atom. The van der Waals surface area contributed by atoms with Gasteiger partial charge in [-0.05, 0) is 24.6 Å². The van der Waals surface area contributed by atoms with Crippen LogP contribution < -0.4 is 15.2 Å². The third-order valence-electron chi connectivity index (χ3n) is 2.98. The quantitative estimate of drug-likeness (QED) is 0.838. The Hall–Kier alpha value is -2.17. The fraction of sp³-hybridized carbons (Fsp3) is 0.357. The Kier molecular flexibility index (Phi) is 3.94. The van der Waals surface area contributed by atoms with Crippen LogP contribution in [0, 0.1) is 0 Å². The molecule has 0 bridgehead atoms. The lowest BCUT2D eigenvalue weighted by Gasteiger charge is -2.09. The molecule has 0 amide bonds. The van der Waals surface area contributed by atoms with Crippen molar-refractivity contribution in [3.63, 3.8) is 0 Å². The van der Waals surface area contributed by atoms with Gasteiger partial charge in [0, 0.05) is 13.1 Å². The maximum atomic E-state index is 5.83. The van der Waals surface area contributed by atoms with Gasteiger partial charge >= 0.3 is 0 Å². The number of methoxy groups -OCH3 is 1. The minimum Gasteiger partial charge on any atom is -0.495 e. The number of benzene rings is 1. The van der Waals surface area contributed by atoms with E-state index in [1.54, 1.807) is 19.2 Å². The third-order valence-corrected chi connectivity index (χ3v) is 2.98. The van der Waals surface area contributed by atoms with Gasteiger partial charge < -0.3 is 15.2 Å². The van der Waals surface area contributed by atoms with E-state index in [-0.39, 0.29) is 0 Å². The second-order valence-corrected chi connectivity index (χ2v) is 4.30. The molecule has 5 nitrogen and oxygen atoms in total. The molecular weight excluding hydrogens is 242 g/mol. The summed E-state index contributed by atoms with van der Waals surface area (Å²) in [5, 5.41) is 4.38. The molecule has 0 aliphatic heterocycles. The molecule has 2 N–H and O–H groups in total. The number of aromatic nitrogens is 2. The van der Waals surface area contributed by atoms with E-state index in [0.717, 1.165) is 23.6 Å². The molecule has 5 heteroatoms. The number of anilines is 1. The molecule has 0 spiro atoms. The molecule has 19 heavy (non-hydrogen) atoms. The molecule has 0 aliphatic carbocycles. The standard InChI is InChI=1S/C14H19N3O2/c1-4-10-7-11(17(2)16-10)9-19-12-5-6-14(18-3)13(15)8-12/h5-8H,4,9,15H2,1-3H3. The van der Waals surface area contributed by atoms with Crippen LogP contribution in [-0.2, 0) is 20.1 Å². The Morgan fingerprint density at radius 2 is 2.11 bits per heavy atom. The van der Waals surface area contributed by atoms with Crippen molar-refractivity contribution in [2.24, 2.45) is 7.05 Å². The zero-order valence-electron chi connectivity index (χ0n) is 11.5. The van der Waals surface area contributed by atoms with Crippen molar-refractivity contribution < 1.29 is 9.47 Å². The summed E-state index contributed by atoms with van der Waals surface area (Å²) >= 11 is 0. The topological polar surface area (TPSA) is 62.3 Å². The van der Waals surface area contributed by atoms with E-state index in [4.69, 9.17) is 15.2 Å². The predicted octanol–water partition coefficient (Wildman–Crippen LogP) is 2.15. The number of aryl methyl sites for hydroxylation is 2. The Balaban J connectivity index is 2.05. The van der Waals surface area contributed by atoms with Crippen LogP contribution in [0.5, 0.6) is 11.5 Å². The monoisotopic (exact) mass is 261 g/mol. The van der Waals surface area contributed by atoms with Crippen molar-refractivity contribution in [1.29, 1.82) is 0 Å². The fourth-order valence-corrected chi connectivity index (χ4v) is 1.84. The van der Waals surface area contributed by atoms with Crippen molar-refractivity contribution in [3.05, 3.63) is 35.7 Å². The number of nitrogen functional groups attached to an aromatic ring is 1. The first-order valence-corrected chi connectivity index (χ1v) is 6.22. The minimum absolute atomic E-state index is 0.468. The minimum atomic E-state index is 0.468. The molecule has 0 radical (unpaired) electrons. The van der Waals surface area contributed by atoms with Gasteiger partial charge in [0.1, 0.15) is 18.1 Å². The zero-order chi connectivity index (χ0) is 13.8. The summed E-state index contributed by atoms with van der Waals surface area (Å²) in [6.45, 7) is 2.55. The largest absolute Gasteiger partial charge is 0.495 e. The molecule has 0 saturated carbocycles. The van der Waals surface area contributed by atoms with Gasteiger partial charge in [0.2, 0.25) is 0 Å². The van der Waals surface area contributed by atoms with Gasteiger partial charge in [-0.2, -0.15) is 5.10 Å². The number of rotatable bonds is 5. The maximum Gasteiger partial charge on any atom is 0.142 e. The lowest BCUT2D eigenvalue weighted by Crippen LogP contribution is -2.03. The lowest BCUT2D eigenvalue weighted by molar-refractivity contribution is 0.294. The molecule has 0 saturated heterocycles. The smallest absolute Gasteiger partial charge is 0.142 e. The van der Waals surface area contributed by atoms with Crippen LogP contribution in [0.3, 0.4) is 0 Å². The predicted molar refractivity (Wildman–Crippen MR) is 74.3 cm³/mol. The summed E-state index contributed by atoms with van der Waals surface area (Å²) in [5.74, 6) is 1.37. The first-order valence-electron chi connectivity index (χ1n) is 6.22. The van der Waals surface area contributed by atoms with E-state index < -0.39 is 0 Å². The molecule has 0 aliphatic rings. The zero-order valence-corrected chi connectivity index (χ0v) is 11.5. The van der Waals surface area contributed by atoms with Gasteiger partial charge in [-0.3, -0.25) is 4.68 Å². The van der Waals surface area contributed by atoms with Gasteiger partial charge in [-0.15, -0.1) is 0 Å². The summed E-state index contributed by atoms with van der Waals surface area (Å²) in [4.78, 5) is 0. The Morgan fingerprint density at radius 3 is 2.68 bits per heavy atom. The van der Waals surface area contributed by atoms with E-state index in [1.165, 1.54) is 0 Å².